The zero-order valence-electron chi connectivity index (χ0n) is 40.9. The van der Waals surface area contributed by atoms with Crippen LogP contribution in [0.4, 0.5) is 0 Å². The van der Waals surface area contributed by atoms with Crippen LogP contribution >= 0.6 is 0 Å². The highest BCUT2D eigenvalue weighted by Gasteiger charge is 2.19. The zero-order valence-corrected chi connectivity index (χ0v) is 40.9. The average Bonchev–Trinajstić information content (AvgIpc) is 3.27. The van der Waals surface area contributed by atoms with Gasteiger partial charge in [-0.2, -0.15) is 0 Å². The lowest BCUT2D eigenvalue weighted by Gasteiger charge is -2.18. The fourth-order valence-corrected chi connectivity index (χ4v) is 7.35. The molecule has 0 aromatic rings. The van der Waals surface area contributed by atoms with Crippen LogP contribution in [0.3, 0.4) is 0 Å². The predicted molar refractivity (Wildman–Crippen MR) is 265 cm³/mol. The van der Waals surface area contributed by atoms with Gasteiger partial charge in [-0.15, -0.1) is 0 Å². The van der Waals surface area contributed by atoms with Crippen LogP contribution in [0, 0.1) is 0 Å². The van der Waals surface area contributed by atoms with Crippen LogP contribution in [0.5, 0.6) is 0 Å². The summed E-state index contributed by atoms with van der Waals surface area (Å²) in [6.45, 7) is 6.45. The Morgan fingerprint density at radius 2 is 0.629 bits per heavy atom. The molecule has 0 aromatic heterocycles. The van der Waals surface area contributed by atoms with Crippen molar-refractivity contribution in [3.8, 4) is 0 Å². The van der Waals surface area contributed by atoms with Gasteiger partial charge in [-0.25, -0.2) is 0 Å². The Bertz CT molecular complexity index is 1130. The normalized spacial score (nSPS) is 12.5. The summed E-state index contributed by atoms with van der Waals surface area (Å²) in [7, 11) is 0. The Morgan fingerprint density at radius 1 is 0.339 bits per heavy atom. The Kier molecular flexibility index (Phi) is 48.4. The highest BCUT2D eigenvalue weighted by molar-refractivity contribution is 5.71. The van der Waals surface area contributed by atoms with Crippen LogP contribution < -0.4 is 0 Å². The second-order valence-electron chi connectivity index (χ2n) is 17.4. The molecule has 358 valence electrons. The molecular weight excluding hydrogens is 769 g/mol. The van der Waals surface area contributed by atoms with E-state index in [1.165, 1.54) is 128 Å². The molecule has 62 heavy (non-hydrogen) atoms. The lowest BCUT2D eigenvalue weighted by molar-refractivity contribution is -0.167. The van der Waals surface area contributed by atoms with Gasteiger partial charge in [0.1, 0.15) is 13.2 Å². The Labute approximate surface area is 383 Å². The summed E-state index contributed by atoms with van der Waals surface area (Å²) in [4.78, 5) is 37.6. The van der Waals surface area contributed by atoms with Gasteiger partial charge in [0.2, 0.25) is 0 Å². The van der Waals surface area contributed by atoms with Crippen molar-refractivity contribution in [2.75, 3.05) is 13.2 Å². The topological polar surface area (TPSA) is 78.9 Å². The zero-order chi connectivity index (χ0) is 45.1. The Balaban J connectivity index is 3.98. The number of hydrogen-bond donors (Lipinski definition) is 0. The third-order valence-corrected chi connectivity index (χ3v) is 11.3. The van der Waals surface area contributed by atoms with E-state index in [0.29, 0.717) is 19.3 Å². The van der Waals surface area contributed by atoms with Gasteiger partial charge in [-0.05, 0) is 64.2 Å². The summed E-state index contributed by atoms with van der Waals surface area (Å²) in [6, 6.07) is 0. The van der Waals surface area contributed by atoms with E-state index < -0.39 is 6.10 Å². The van der Waals surface area contributed by atoms with Gasteiger partial charge in [-0.1, -0.05) is 236 Å². The minimum absolute atomic E-state index is 0.0716. The molecule has 6 nitrogen and oxygen atoms in total. The molecule has 0 rings (SSSR count). The monoisotopic (exact) mass is 867 g/mol. The van der Waals surface area contributed by atoms with Crippen molar-refractivity contribution in [2.24, 2.45) is 0 Å². The standard InChI is InChI=1S/C56H98O6/c1-4-7-10-13-16-18-19-20-21-22-23-24-25-26-27-28-29-30-31-32-33-34-35-36-37-39-40-43-46-49-55(58)61-52-53(51-60-54(57)48-45-42-15-12-9-6-3)62-56(59)50-47-44-41-38-17-14-11-8-5-2/h7,10,16,18,20-21,23-24,26-27,53H,4-6,8-9,11-15,17,19,22,25,28-52H2,1-3H3/b10-7-,18-16-,21-20-,24-23-,27-26-. The van der Waals surface area contributed by atoms with Crippen LogP contribution in [0.1, 0.15) is 258 Å². The molecule has 0 saturated heterocycles. The van der Waals surface area contributed by atoms with E-state index in [-0.39, 0.29) is 31.1 Å². The molecule has 0 amide bonds. The molecule has 0 saturated carbocycles. The van der Waals surface area contributed by atoms with E-state index in [2.05, 4.69) is 81.5 Å². The predicted octanol–water partition coefficient (Wildman–Crippen LogP) is 17.3. The van der Waals surface area contributed by atoms with Crippen LogP contribution in [0.2, 0.25) is 0 Å². The molecule has 0 N–H and O–H groups in total. The molecule has 1 atom stereocenters. The summed E-state index contributed by atoms with van der Waals surface area (Å²) in [5.41, 5.74) is 0. The van der Waals surface area contributed by atoms with Gasteiger partial charge in [0.15, 0.2) is 6.10 Å². The molecule has 6 heteroatoms. The molecule has 0 aromatic carbocycles. The van der Waals surface area contributed by atoms with Crippen molar-refractivity contribution in [1.29, 1.82) is 0 Å². The SMILES string of the molecule is CC/C=C\C/C=C\C/C=C\C/C=C\C/C=C\CCCCCCCCCCCCCCCC(=O)OCC(COC(=O)CCCCCCCC)OC(=O)CCCCCCCCCCC. The van der Waals surface area contributed by atoms with Crippen LogP contribution in [-0.2, 0) is 28.6 Å². The Morgan fingerprint density at radius 3 is 0.984 bits per heavy atom. The quantitative estimate of drug-likeness (QED) is 0.0262. The number of esters is 3. The van der Waals surface area contributed by atoms with E-state index in [9.17, 15) is 14.4 Å². The number of ether oxygens (including phenoxy) is 3. The molecular formula is C56H98O6. The highest BCUT2D eigenvalue weighted by Crippen LogP contribution is 2.15. The second kappa shape index (κ2) is 50.8. The van der Waals surface area contributed by atoms with E-state index in [1.807, 2.05) is 0 Å². The molecule has 0 aliphatic rings. The molecule has 0 radical (unpaired) electrons. The molecule has 0 spiro atoms. The maximum Gasteiger partial charge on any atom is 0.306 e. The number of hydrogen-bond acceptors (Lipinski definition) is 6. The van der Waals surface area contributed by atoms with Crippen molar-refractivity contribution < 1.29 is 28.6 Å². The van der Waals surface area contributed by atoms with Gasteiger partial charge < -0.3 is 14.2 Å². The Hall–Kier alpha value is -2.89. The minimum Gasteiger partial charge on any atom is -0.462 e. The fraction of sp³-hybridized carbons (Fsp3) is 0.768. The first-order chi connectivity index (χ1) is 30.5. The number of rotatable bonds is 47. The molecule has 0 bridgehead atoms. The van der Waals surface area contributed by atoms with Gasteiger partial charge in [0.25, 0.3) is 0 Å². The maximum absolute atomic E-state index is 12.6. The van der Waals surface area contributed by atoms with Crippen LogP contribution in [0.15, 0.2) is 60.8 Å². The van der Waals surface area contributed by atoms with Crippen molar-refractivity contribution >= 4 is 17.9 Å². The summed E-state index contributed by atoms with van der Waals surface area (Å²) in [5.74, 6) is -0.881. The van der Waals surface area contributed by atoms with Crippen molar-refractivity contribution in [2.45, 2.75) is 264 Å². The molecule has 0 aliphatic carbocycles. The van der Waals surface area contributed by atoms with E-state index in [4.69, 9.17) is 14.2 Å². The third-order valence-electron chi connectivity index (χ3n) is 11.3. The van der Waals surface area contributed by atoms with Crippen molar-refractivity contribution in [3.63, 3.8) is 0 Å². The van der Waals surface area contributed by atoms with E-state index >= 15 is 0 Å². The number of allylic oxidation sites excluding steroid dienone is 10. The van der Waals surface area contributed by atoms with Crippen LogP contribution in [-0.4, -0.2) is 37.2 Å². The largest absolute Gasteiger partial charge is 0.462 e. The summed E-state index contributed by atoms with van der Waals surface area (Å²) < 4.78 is 16.6. The smallest absolute Gasteiger partial charge is 0.306 e. The molecule has 0 aliphatic heterocycles. The molecule has 0 fully saturated rings. The molecule has 0 heterocycles. The lowest BCUT2D eigenvalue weighted by Crippen LogP contribution is -2.30. The minimum atomic E-state index is -0.765. The molecule has 1 unspecified atom stereocenters. The first-order valence-corrected chi connectivity index (χ1v) is 26.3. The van der Waals surface area contributed by atoms with Gasteiger partial charge in [0.05, 0.1) is 0 Å². The lowest BCUT2D eigenvalue weighted by atomic mass is 10.0. The first kappa shape index (κ1) is 59.1. The van der Waals surface area contributed by atoms with Crippen molar-refractivity contribution in [3.05, 3.63) is 60.8 Å². The average molecular weight is 867 g/mol. The van der Waals surface area contributed by atoms with Gasteiger partial charge >= 0.3 is 17.9 Å². The first-order valence-electron chi connectivity index (χ1n) is 26.3. The maximum atomic E-state index is 12.6. The highest BCUT2D eigenvalue weighted by atomic mass is 16.6. The van der Waals surface area contributed by atoms with Crippen molar-refractivity contribution in [1.82, 2.24) is 0 Å². The van der Waals surface area contributed by atoms with Crippen LogP contribution in [0.25, 0.3) is 0 Å². The summed E-state index contributed by atoms with van der Waals surface area (Å²) in [5, 5.41) is 0. The van der Waals surface area contributed by atoms with E-state index in [0.717, 1.165) is 89.9 Å². The number of unbranched alkanes of at least 4 members (excludes halogenated alkanes) is 26. The van der Waals surface area contributed by atoms with Gasteiger partial charge in [0, 0.05) is 19.3 Å². The summed E-state index contributed by atoms with van der Waals surface area (Å²) >= 11 is 0. The summed E-state index contributed by atoms with van der Waals surface area (Å²) in [6.07, 6.45) is 62.5. The number of carbonyl (C=O) groups excluding carboxylic acids is 3. The fourth-order valence-electron chi connectivity index (χ4n) is 7.35. The third kappa shape index (κ3) is 48.1. The van der Waals surface area contributed by atoms with E-state index in [1.54, 1.807) is 0 Å². The van der Waals surface area contributed by atoms with Gasteiger partial charge in [-0.3, -0.25) is 14.4 Å². The number of carbonyl (C=O) groups is 3. The second-order valence-corrected chi connectivity index (χ2v) is 17.4.